The first kappa shape index (κ1) is 17.6. The molecule has 0 heterocycles. The van der Waals surface area contributed by atoms with Crippen LogP contribution in [0, 0.1) is 0 Å². The van der Waals surface area contributed by atoms with Gasteiger partial charge in [0.2, 0.25) is 5.91 Å². The lowest BCUT2D eigenvalue weighted by Gasteiger charge is -2.11. The molecule has 0 aliphatic carbocycles. The molecule has 0 unspecified atom stereocenters. The first-order chi connectivity index (χ1) is 11.6. The lowest BCUT2D eigenvalue weighted by Crippen LogP contribution is -2.33. The quantitative estimate of drug-likeness (QED) is 0.840. The molecule has 2 N–H and O–H groups in total. The number of anilines is 1. The first-order valence-electron chi connectivity index (χ1n) is 7.16. The van der Waals surface area contributed by atoms with Crippen LogP contribution in [0.4, 0.5) is 10.5 Å². The number of alkyl carbamates (subject to hydrolysis) is 1. The molecule has 2 aromatic carbocycles. The highest BCUT2D eigenvalue weighted by Gasteiger charge is 2.10. The van der Waals surface area contributed by atoms with Crippen molar-refractivity contribution >= 4 is 29.3 Å². The molecule has 0 saturated heterocycles. The predicted octanol–water partition coefficient (Wildman–Crippen LogP) is 3.21. The van der Waals surface area contributed by atoms with E-state index in [2.05, 4.69) is 10.6 Å². The number of amides is 2. The van der Waals surface area contributed by atoms with E-state index in [1.807, 2.05) is 30.3 Å². The van der Waals surface area contributed by atoms with Crippen LogP contribution in [0.15, 0.2) is 48.5 Å². The third-order valence-corrected chi connectivity index (χ3v) is 3.28. The van der Waals surface area contributed by atoms with Gasteiger partial charge in [0.25, 0.3) is 0 Å². The molecule has 0 saturated carbocycles. The van der Waals surface area contributed by atoms with Gasteiger partial charge in [-0.2, -0.15) is 0 Å². The Bertz CT molecular complexity index is 707. The Morgan fingerprint density at radius 3 is 2.58 bits per heavy atom. The average molecular weight is 349 g/mol. The predicted molar refractivity (Wildman–Crippen MR) is 91.3 cm³/mol. The Balaban J connectivity index is 1.78. The molecular weight excluding hydrogens is 332 g/mol. The Hall–Kier alpha value is -2.73. The molecule has 0 radical (unpaired) electrons. The van der Waals surface area contributed by atoms with Crippen LogP contribution >= 0.6 is 11.6 Å². The molecule has 24 heavy (non-hydrogen) atoms. The van der Waals surface area contributed by atoms with Gasteiger partial charge in [0.1, 0.15) is 18.9 Å². The summed E-state index contributed by atoms with van der Waals surface area (Å²) in [4.78, 5) is 23.5. The molecular formula is C17H17ClN2O4. The van der Waals surface area contributed by atoms with Crippen LogP contribution in [0.1, 0.15) is 5.56 Å². The number of hydrogen-bond acceptors (Lipinski definition) is 4. The molecule has 0 aromatic heterocycles. The number of hydrogen-bond donors (Lipinski definition) is 2. The Labute approximate surface area is 144 Å². The zero-order valence-electron chi connectivity index (χ0n) is 13.0. The minimum absolute atomic E-state index is 0.135. The van der Waals surface area contributed by atoms with Crippen molar-refractivity contribution in [2.75, 3.05) is 19.0 Å². The minimum atomic E-state index is -0.674. The molecule has 7 heteroatoms. The number of ether oxygens (including phenoxy) is 2. The first-order valence-corrected chi connectivity index (χ1v) is 7.54. The number of carbonyl (C=O) groups is 2. The highest BCUT2D eigenvalue weighted by atomic mass is 35.5. The second-order valence-electron chi connectivity index (χ2n) is 4.81. The van der Waals surface area contributed by atoms with Crippen molar-refractivity contribution in [3.8, 4) is 5.75 Å². The van der Waals surface area contributed by atoms with Crippen molar-refractivity contribution in [3.05, 3.63) is 59.1 Å². The maximum atomic E-state index is 11.9. The van der Waals surface area contributed by atoms with E-state index >= 15 is 0 Å². The molecule has 6 nitrogen and oxygen atoms in total. The molecule has 126 valence electrons. The maximum Gasteiger partial charge on any atom is 0.407 e. The van der Waals surface area contributed by atoms with E-state index in [0.717, 1.165) is 5.56 Å². The van der Waals surface area contributed by atoms with E-state index in [9.17, 15) is 9.59 Å². The zero-order valence-corrected chi connectivity index (χ0v) is 13.8. The molecule has 0 spiro atoms. The molecule has 2 amide bonds. The van der Waals surface area contributed by atoms with Crippen LogP contribution in [0.5, 0.6) is 5.75 Å². The van der Waals surface area contributed by atoms with Gasteiger partial charge in [0, 0.05) is 5.02 Å². The molecule has 0 atom stereocenters. The summed E-state index contributed by atoms with van der Waals surface area (Å²) in [7, 11) is 1.48. The smallest absolute Gasteiger partial charge is 0.407 e. The fourth-order valence-corrected chi connectivity index (χ4v) is 2.07. The molecule has 0 aliphatic rings. The number of carbonyl (C=O) groups excluding carboxylic acids is 2. The number of halogens is 1. The second kappa shape index (κ2) is 8.79. The monoisotopic (exact) mass is 348 g/mol. The van der Waals surface area contributed by atoms with E-state index < -0.39 is 12.0 Å². The Morgan fingerprint density at radius 2 is 1.88 bits per heavy atom. The summed E-state index contributed by atoms with van der Waals surface area (Å²) >= 11 is 5.89. The number of methoxy groups -OCH3 is 1. The molecule has 2 rings (SSSR count). The second-order valence-corrected chi connectivity index (χ2v) is 5.24. The van der Waals surface area contributed by atoms with Gasteiger partial charge < -0.3 is 20.1 Å². The van der Waals surface area contributed by atoms with Crippen LogP contribution in [-0.2, 0) is 16.1 Å². The highest BCUT2D eigenvalue weighted by Crippen LogP contribution is 2.27. The van der Waals surface area contributed by atoms with Crippen LogP contribution in [0.2, 0.25) is 5.02 Å². The molecule has 0 bridgehead atoms. The fourth-order valence-electron chi connectivity index (χ4n) is 1.90. The van der Waals surface area contributed by atoms with E-state index in [1.165, 1.54) is 7.11 Å². The molecule has 0 fully saturated rings. The van der Waals surface area contributed by atoms with Gasteiger partial charge in [-0.15, -0.1) is 0 Å². The number of benzene rings is 2. The third-order valence-electron chi connectivity index (χ3n) is 3.04. The molecule has 2 aromatic rings. The van der Waals surface area contributed by atoms with Crippen molar-refractivity contribution in [1.82, 2.24) is 5.32 Å². The lowest BCUT2D eigenvalue weighted by molar-refractivity contribution is -0.115. The topological polar surface area (TPSA) is 76.7 Å². The third kappa shape index (κ3) is 5.48. The Kier molecular flexibility index (Phi) is 6.45. The SMILES string of the molecule is COc1ccc(Cl)cc1NC(=O)CNC(=O)OCc1ccccc1. The van der Waals surface area contributed by atoms with Crippen LogP contribution in [-0.4, -0.2) is 25.7 Å². The van der Waals surface area contributed by atoms with Gasteiger partial charge in [0.15, 0.2) is 0 Å². The summed E-state index contributed by atoms with van der Waals surface area (Å²) in [6.07, 6.45) is -0.674. The van der Waals surface area contributed by atoms with Gasteiger partial charge >= 0.3 is 6.09 Å². The summed E-state index contributed by atoms with van der Waals surface area (Å²) in [5.41, 5.74) is 1.29. The summed E-state index contributed by atoms with van der Waals surface area (Å²) in [5, 5.41) is 5.45. The average Bonchev–Trinajstić information content (AvgIpc) is 2.59. The van der Waals surface area contributed by atoms with Gasteiger partial charge in [-0.05, 0) is 23.8 Å². The normalized spacial score (nSPS) is 9.92. The minimum Gasteiger partial charge on any atom is -0.495 e. The summed E-state index contributed by atoms with van der Waals surface area (Å²) in [6, 6.07) is 14.1. The Morgan fingerprint density at radius 1 is 1.12 bits per heavy atom. The van der Waals surface area contributed by atoms with E-state index in [0.29, 0.717) is 16.5 Å². The number of nitrogens with one attached hydrogen (secondary N) is 2. The standard InChI is InChI=1S/C17H17ClN2O4/c1-23-15-8-7-13(18)9-14(15)20-16(21)10-19-17(22)24-11-12-5-3-2-4-6-12/h2-9H,10-11H2,1H3,(H,19,22)(H,20,21). The van der Waals surface area contributed by atoms with Crippen LogP contribution in [0.3, 0.4) is 0 Å². The number of rotatable bonds is 6. The van der Waals surface area contributed by atoms with Crippen molar-refractivity contribution in [1.29, 1.82) is 0 Å². The highest BCUT2D eigenvalue weighted by molar-refractivity contribution is 6.31. The fraction of sp³-hybridized carbons (Fsp3) is 0.176. The van der Waals surface area contributed by atoms with Gasteiger partial charge in [0.05, 0.1) is 12.8 Å². The van der Waals surface area contributed by atoms with Crippen LogP contribution in [0.25, 0.3) is 0 Å². The van der Waals surface area contributed by atoms with Gasteiger partial charge in [-0.1, -0.05) is 41.9 Å². The van der Waals surface area contributed by atoms with Crippen molar-refractivity contribution < 1.29 is 19.1 Å². The van der Waals surface area contributed by atoms with E-state index in [-0.39, 0.29) is 13.2 Å². The lowest BCUT2D eigenvalue weighted by atomic mass is 10.2. The van der Waals surface area contributed by atoms with Crippen molar-refractivity contribution in [3.63, 3.8) is 0 Å². The van der Waals surface area contributed by atoms with Gasteiger partial charge in [-0.3, -0.25) is 4.79 Å². The molecule has 0 aliphatic heterocycles. The van der Waals surface area contributed by atoms with E-state index in [1.54, 1.807) is 18.2 Å². The van der Waals surface area contributed by atoms with Crippen LogP contribution < -0.4 is 15.4 Å². The summed E-state index contributed by atoms with van der Waals surface area (Å²) < 4.78 is 10.1. The van der Waals surface area contributed by atoms with Crippen molar-refractivity contribution in [2.45, 2.75) is 6.61 Å². The maximum absolute atomic E-state index is 11.9. The van der Waals surface area contributed by atoms with E-state index in [4.69, 9.17) is 21.1 Å². The summed E-state index contributed by atoms with van der Waals surface area (Å²) in [6.45, 7) is -0.0975. The van der Waals surface area contributed by atoms with Gasteiger partial charge in [-0.25, -0.2) is 4.79 Å². The zero-order chi connectivity index (χ0) is 17.4. The summed E-state index contributed by atoms with van der Waals surface area (Å²) in [5.74, 6) is 0.0478. The largest absolute Gasteiger partial charge is 0.495 e. The van der Waals surface area contributed by atoms with Crippen molar-refractivity contribution in [2.24, 2.45) is 0 Å².